The Morgan fingerprint density at radius 2 is 1.84 bits per heavy atom. The molecule has 0 N–H and O–H groups in total. The summed E-state index contributed by atoms with van der Waals surface area (Å²) >= 11 is 6.01. The van der Waals surface area contributed by atoms with E-state index >= 15 is 0 Å². The number of carbonyl (C=O) groups excluding carboxylic acids is 1. The van der Waals surface area contributed by atoms with Crippen molar-refractivity contribution in [3.63, 3.8) is 0 Å². The van der Waals surface area contributed by atoms with E-state index in [4.69, 9.17) is 21.4 Å². The van der Waals surface area contributed by atoms with Crippen molar-refractivity contribution in [1.29, 1.82) is 0 Å². The predicted octanol–water partition coefficient (Wildman–Crippen LogP) is 3.81. The first-order valence-corrected chi connectivity index (χ1v) is 6.50. The number of Topliss-reactive ketones (excluding diaryl/α,β-unsaturated/α-hetero) is 1. The molecule has 1 aromatic rings. The minimum atomic E-state index is -1.21. The molecule has 0 fully saturated rings. The van der Waals surface area contributed by atoms with Gasteiger partial charge in [0.15, 0.2) is 5.60 Å². The molecular weight excluding hydrogens is 264 g/mol. The third kappa shape index (κ3) is 2.73. The molecule has 4 heteroatoms. The minimum absolute atomic E-state index is 0.152. The molecule has 0 saturated heterocycles. The molecule has 1 atom stereocenters. The number of fused-ring (bicyclic) bond motifs is 1. The summed E-state index contributed by atoms with van der Waals surface area (Å²) in [4.78, 5) is 23.1. The molecule has 2 rings (SSSR count). The number of benzene rings is 1. The summed E-state index contributed by atoms with van der Waals surface area (Å²) in [6.45, 7) is 7.24. The Kier molecular flexibility index (Phi) is 3.56. The van der Waals surface area contributed by atoms with Gasteiger partial charge in [-0.15, -0.1) is 0 Å². The van der Waals surface area contributed by atoms with Crippen LogP contribution in [0.15, 0.2) is 29.3 Å². The lowest BCUT2D eigenvalue weighted by Crippen LogP contribution is -2.40. The summed E-state index contributed by atoms with van der Waals surface area (Å²) in [6.07, 6.45) is 1.65. The summed E-state index contributed by atoms with van der Waals surface area (Å²) in [7, 11) is 0. The highest BCUT2D eigenvalue weighted by Gasteiger charge is 2.44. The first-order valence-electron chi connectivity index (χ1n) is 6.12. The van der Waals surface area contributed by atoms with Gasteiger partial charge in [0.1, 0.15) is 0 Å². The van der Waals surface area contributed by atoms with Crippen LogP contribution in [0.25, 0.3) is 6.08 Å². The fourth-order valence-electron chi connectivity index (χ4n) is 1.90. The van der Waals surface area contributed by atoms with Crippen LogP contribution >= 0.6 is 11.6 Å². The van der Waals surface area contributed by atoms with Gasteiger partial charge < -0.3 is 0 Å². The van der Waals surface area contributed by atoms with Crippen molar-refractivity contribution < 1.29 is 14.6 Å². The molecule has 1 aliphatic carbocycles. The molecule has 1 unspecified atom stereocenters. The topological polar surface area (TPSA) is 35.5 Å². The highest BCUT2D eigenvalue weighted by molar-refractivity contribution is 6.46. The molecule has 102 valence electrons. The average Bonchev–Trinajstić information content (AvgIpc) is 2.33. The van der Waals surface area contributed by atoms with Gasteiger partial charge in [-0.2, -0.15) is 0 Å². The zero-order valence-electron chi connectivity index (χ0n) is 11.5. The van der Waals surface area contributed by atoms with Crippen molar-refractivity contribution in [3.05, 3.63) is 40.4 Å². The third-order valence-corrected chi connectivity index (χ3v) is 3.15. The number of carbonyl (C=O) groups is 1. The molecule has 19 heavy (non-hydrogen) atoms. The van der Waals surface area contributed by atoms with Gasteiger partial charge in [-0.05, 0) is 39.3 Å². The Hall–Kier alpha value is -1.16. The van der Waals surface area contributed by atoms with Gasteiger partial charge in [0.2, 0.25) is 5.78 Å². The Labute approximate surface area is 118 Å². The molecule has 0 heterocycles. The molecule has 0 spiro atoms. The van der Waals surface area contributed by atoms with Gasteiger partial charge in [-0.3, -0.25) is 4.79 Å². The third-order valence-electron chi connectivity index (χ3n) is 2.87. The number of hydrogen-bond donors (Lipinski definition) is 0. The molecule has 0 radical (unpaired) electrons. The largest absolute Gasteiger partial charge is 0.289 e. The van der Waals surface area contributed by atoms with Gasteiger partial charge in [-0.25, -0.2) is 9.78 Å². The smallest absolute Gasteiger partial charge is 0.213 e. The molecule has 1 aromatic carbocycles. The SMILES string of the molecule is CC(C)(C)OOC1(C)C(=O)C(Cl)=Cc2ccccc21. The fourth-order valence-corrected chi connectivity index (χ4v) is 2.20. The first kappa shape index (κ1) is 14.3. The molecule has 0 bridgehead atoms. The standard InChI is InChI=1S/C15H17ClO3/c1-14(2,3)18-19-15(4)11-8-6-5-7-10(11)9-12(16)13(15)17/h5-9H,1-4H3. The van der Waals surface area contributed by atoms with E-state index in [0.29, 0.717) is 0 Å². The second-order valence-corrected chi connectivity index (χ2v) is 6.13. The quantitative estimate of drug-likeness (QED) is 0.610. The highest BCUT2D eigenvalue weighted by Crippen LogP contribution is 2.39. The molecule has 0 amide bonds. The van der Waals surface area contributed by atoms with Crippen LogP contribution in [0.5, 0.6) is 0 Å². The Balaban J connectivity index is 2.43. The van der Waals surface area contributed by atoms with Gasteiger partial charge in [0.25, 0.3) is 0 Å². The maximum absolute atomic E-state index is 12.3. The maximum atomic E-state index is 12.3. The van der Waals surface area contributed by atoms with Crippen molar-refractivity contribution in [1.82, 2.24) is 0 Å². The average molecular weight is 281 g/mol. The monoisotopic (exact) mass is 280 g/mol. The minimum Gasteiger partial charge on any atom is -0.289 e. The number of halogens is 1. The van der Waals surface area contributed by atoms with E-state index in [1.807, 2.05) is 45.0 Å². The summed E-state index contributed by atoms with van der Waals surface area (Å²) in [5, 5.41) is 0.152. The van der Waals surface area contributed by atoms with E-state index in [0.717, 1.165) is 11.1 Å². The van der Waals surface area contributed by atoms with Crippen LogP contribution in [0, 0.1) is 0 Å². The molecule has 0 saturated carbocycles. The van der Waals surface area contributed by atoms with Crippen molar-refractivity contribution in [3.8, 4) is 0 Å². The van der Waals surface area contributed by atoms with Crippen molar-refractivity contribution in [2.45, 2.75) is 38.9 Å². The second-order valence-electron chi connectivity index (χ2n) is 5.72. The van der Waals surface area contributed by atoms with Crippen molar-refractivity contribution in [2.75, 3.05) is 0 Å². The Morgan fingerprint density at radius 3 is 2.47 bits per heavy atom. The predicted molar refractivity (Wildman–Crippen MR) is 74.6 cm³/mol. The van der Waals surface area contributed by atoms with Gasteiger partial charge in [0, 0.05) is 5.56 Å². The molecule has 3 nitrogen and oxygen atoms in total. The van der Waals surface area contributed by atoms with Crippen LogP contribution in [0.3, 0.4) is 0 Å². The summed E-state index contributed by atoms with van der Waals surface area (Å²) in [5.74, 6) is -0.294. The van der Waals surface area contributed by atoms with Gasteiger partial charge >= 0.3 is 0 Å². The number of hydrogen-bond acceptors (Lipinski definition) is 3. The van der Waals surface area contributed by atoms with E-state index in [9.17, 15) is 4.79 Å². The summed E-state index contributed by atoms with van der Waals surface area (Å²) in [5.41, 5.74) is -0.0950. The van der Waals surface area contributed by atoms with E-state index < -0.39 is 11.2 Å². The lowest BCUT2D eigenvalue weighted by atomic mass is 9.83. The van der Waals surface area contributed by atoms with Gasteiger partial charge in [0.05, 0.1) is 10.6 Å². The molecule has 1 aliphatic rings. The van der Waals surface area contributed by atoms with Crippen LogP contribution < -0.4 is 0 Å². The van der Waals surface area contributed by atoms with Crippen LogP contribution in [0.4, 0.5) is 0 Å². The zero-order chi connectivity index (χ0) is 14.3. The lowest BCUT2D eigenvalue weighted by molar-refractivity contribution is -0.394. The Bertz CT molecular complexity index is 543. The Morgan fingerprint density at radius 1 is 1.21 bits per heavy atom. The number of ketones is 1. The first-order chi connectivity index (χ1) is 8.74. The van der Waals surface area contributed by atoms with E-state index in [1.54, 1.807) is 13.0 Å². The van der Waals surface area contributed by atoms with Gasteiger partial charge in [-0.1, -0.05) is 35.9 Å². The fraction of sp³-hybridized carbons (Fsp3) is 0.400. The summed E-state index contributed by atoms with van der Waals surface area (Å²) in [6, 6.07) is 7.49. The highest BCUT2D eigenvalue weighted by atomic mass is 35.5. The van der Waals surface area contributed by atoms with E-state index in [1.165, 1.54) is 0 Å². The molecular formula is C15H17ClO3. The normalized spacial score (nSPS) is 23.0. The van der Waals surface area contributed by atoms with E-state index in [-0.39, 0.29) is 10.8 Å². The van der Waals surface area contributed by atoms with Crippen LogP contribution in [0.1, 0.15) is 38.8 Å². The second kappa shape index (κ2) is 4.75. The molecule has 0 aromatic heterocycles. The van der Waals surface area contributed by atoms with Crippen molar-refractivity contribution in [2.24, 2.45) is 0 Å². The van der Waals surface area contributed by atoms with Crippen LogP contribution in [0.2, 0.25) is 0 Å². The van der Waals surface area contributed by atoms with Crippen LogP contribution in [-0.4, -0.2) is 11.4 Å². The molecule has 0 aliphatic heterocycles. The summed E-state index contributed by atoms with van der Waals surface area (Å²) < 4.78 is 0. The van der Waals surface area contributed by atoms with Crippen molar-refractivity contribution >= 4 is 23.5 Å². The van der Waals surface area contributed by atoms with E-state index in [2.05, 4.69) is 0 Å². The van der Waals surface area contributed by atoms with Crippen LogP contribution in [-0.2, 0) is 20.2 Å². The number of rotatable bonds is 2. The zero-order valence-corrected chi connectivity index (χ0v) is 12.2. The lowest BCUT2D eigenvalue weighted by Gasteiger charge is -2.33. The maximum Gasteiger partial charge on any atom is 0.213 e.